The van der Waals surface area contributed by atoms with Crippen LogP contribution in [0.3, 0.4) is 0 Å². The van der Waals surface area contributed by atoms with Crippen LogP contribution in [0.2, 0.25) is 0 Å². The largest absolute Gasteiger partial charge is 0.372 e. The van der Waals surface area contributed by atoms with Gasteiger partial charge in [0.15, 0.2) is 9.84 Å². The van der Waals surface area contributed by atoms with Gasteiger partial charge < -0.3 is 4.74 Å². The Hall–Kier alpha value is -1.65. The van der Waals surface area contributed by atoms with Crippen molar-refractivity contribution in [2.75, 3.05) is 12.9 Å². The summed E-state index contributed by atoms with van der Waals surface area (Å²) in [5.41, 5.74) is 5.78. The number of allylic oxidation sites excluding steroid dienone is 5. The van der Waals surface area contributed by atoms with Crippen LogP contribution in [-0.4, -0.2) is 26.9 Å². The molecule has 3 nitrogen and oxygen atoms in total. The molecule has 0 N–H and O–H groups in total. The topological polar surface area (TPSA) is 43.4 Å². The number of hydrogen-bond donors (Lipinski definition) is 0. The van der Waals surface area contributed by atoms with Crippen molar-refractivity contribution in [1.82, 2.24) is 0 Å². The maximum atomic E-state index is 11.5. The number of benzene rings is 1. The first-order chi connectivity index (χ1) is 15.5. The molecule has 1 saturated carbocycles. The molecule has 0 unspecified atom stereocenters. The molecule has 0 aromatic heterocycles. The zero-order valence-electron chi connectivity index (χ0n) is 22.4. The van der Waals surface area contributed by atoms with Crippen molar-refractivity contribution in [1.29, 1.82) is 0 Å². The summed E-state index contributed by atoms with van der Waals surface area (Å²) in [6.45, 7) is 17.3. The highest BCUT2D eigenvalue weighted by Gasteiger charge is 2.47. The van der Waals surface area contributed by atoms with Crippen molar-refractivity contribution in [2.24, 2.45) is 5.41 Å². The fourth-order valence-electron chi connectivity index (χ4n) is 4.17. The third-order valence-corrected chi connectivity index (χ3v) is 7.55. The van der Waals surface area contributed by atoms with Crippen molar-refractivity contribution >= 4 is 15.4 Å². The highest BCUT2D eigenvalue weighted by atomic mass is 32.2. The molecule has 0 aliphatic heterocycles. The Balaban J connectivity index is 0.000000360. The Morgan fingerprint density at radius 3 is 2.09 bits per heavy atom. The quantitative estimate of drug-likeness (QED) is 0.374. The van der Waals surface area contributed by atoms with Crippen LogP contribution in [-0.2, 0) is 14.6 Å². The minimum atomic E-state index is -3.11. The van der Waals surface area contributed by atoms with Gasteiger partial charge in [-0.15, -0.1) is 0 Å². The highest BCUT2D eigenvalue weighted by molar-refractivity contribution is 7.90. The maximum absolute atomic E-state index is 11.5. The van der Waals surface area contributed by atoms with Gasteiger partial charge in [-0.25, -0.2) is 8.42 Å². The van der Waals surface area contributed by atoms with Crippen LogP contribution in [0.25, 0.3) is 5.57 Å². The molecule has 33 heavy (non-hydrogen) atoms. The predicted molar refractivity (Wildman–Crippen MR) is 143 cm³/mol. The van der Waals surface area contributed by atoms with Crippen LogP contribution >= 0.6 is 0 Å². The summed E-state index contributed by atoms with van der Waals surface area (Å²) >= 11 is 0. The summed E-state index contributed by atoms with van der Waals surface area (Å²) < 4.78 is 28.6. The first-order valence-corrected chi connectivity index (χ1v) is 14.3. The summed E-state index contributed by atoms with van der Waals surface area (Å²) in [6, 6.07) is 7.36. The van der Waals surface area contributed by atoms with E-state index in [0.29, 0.717) is 10.3 Å². The van der Waals surface area contributed by atoms with Crippen LogP contribution in [0.15, 0.2) is 58.5 Å². The molecule has 1 fully saturated rings. The van der Waals surface area contributed by atoms with E-state index in [9.17, 15) is 8.42 Å². The highest BCUT2D eigenvalue weighted by Crippen LogP contribution is 2.61. The minimum absolute atomic E-state index is 0.0786. The van der Waals surface area contributed by atoms with E-state index >= 15 is 0 Å². The van der Waals surface area contributed by atoms with Gasteiger partial charge in [-0.3, -0.25) is 0 Å². The molecule has 2 aliphatic carbocycles. The summed E-state index contributed by atoms with van der Waals surface area (Å²) in [7, 11) is -3.11. The van der Waals surface area contributed by atoms with Crippen LogP contribution in [0.5, 0.6) is 0 Å². The summed E-state index contributed by atoms with van der Waals surface area (Å²) in [5.74, 6) is 0. The molecule has 3 rings (SSSR count). The van der Waals surface area contributed by atoms with Crippen molar-refractivity contribution in [3.63, 3.8) is 0 Å². The number of rotatable bonds is 7. The monoisotopic (exact) mass is 474 g/mol. The molecule has 0 radical (unpaired) electrons. The lowest BCUT2D eigenvalue weighted by Crippen LogP contribution is -2.25. The molecular weight excluding hydrogens is 428 g/mol. The average Bonchev–Trinajstić information content (AvgIpc) is 3.42. The van der Waals surface area contributed by atoms with Gasteiger partial charge in [0.2, 0.25) is 0 Å². The van der Waals surface area contributed by atoms with Gasteiger partial charge in [-0.2, -0.15) is 0 Å². The molecule has 0 bridgehead atoms. The van der Waals surface area contributed by atoms with Gasteiger partial charge in [0.1, 0.15) is 0 Å². The second kappa shape index (κ2) is 12.7. The van der Waals surface area contributed by atoms with Gasteiger partial charge in [0.05, 0.1) is 10.5 Å². The third-order valence-electron chi connectivity index (χ3n) is 6.43. The van der Waals surface area contributed by atoms with E-state index in [1.165, 1.54) is 47.8 Å². The maximum Gasteiger partial charge on any atom is 0.175 e. The first-order valence-electron chi connectivity index (χ1n) is 12.4. The molecule has 0 saturated heterocycles. The number of hydrogen-bond acceptors (Lipinski definition) is 3. The average molecular weight is 475 g/mol. The molecule has 0 heterocycles. The Morgan fingerprint density at radius 2 is 1.67 bits per heavy atom. The van der Waals surface area contributed by atoms with E-state index in [0.717, 1.165) is 19.4 Å². The van der Waals surface area contributed by atoms with Gasteiger partial charge in [-0.1, -0.05) is 51.1 Å². The van der Waals surface area contributed by atoms with E-state index in [1.54, 1.807) is 12.1 Å². The SMILES string of the molecule is C/C=C/C1=C(c2ccc(S(C)(=O)=O)cc2)CC2(CC2)C1.CC.CC/C=C(/C)C(C)(C)OCC. The predicted octanol–water partition coefficient (Wildman–Crippen LogP) is 8.18. The lowest BCUT2D eigenvalue weighted by Gasteiger charge is -2.25. The second-order valence-corrected chi connectivity index (χ2v) is 11.4. The second-order valence-electron chi connectivity index (χ2n) is 9.39. The minimum Gasteiger partial charge on any atom is -0.372 e. The van der Waals surface area contributed by atoms with Crippen molar-refractivity contribution in [3.8, 4) is 0 Å². The Labute approximate surface area is 203 Å². The van der Waals surface area contributed by atoms with E-state index in [-0.39, 0.29) is 5.60 Å². The zero-order valence-corrected chi connectivity index (χ0v) is 23.2. The first kappa shape index (κ1) is 29.4. The normalized spacial score (nSPS) is 17.5. The molecule has 186 valence electrons. The summed E-state index contributed by atoms with van der Waals surface area (Å²) in [4.78, 5) is 0.397. The molecule has 1 spiro atoms. The van der Waals surface area contributed by atoms with Crippen LogP contribution in [0.1, 0.15) is 93.1 Å². The molecule has 4 heteroatoms. The van der Waals surface area contributed by atoms with E-state index in [4.69, 9.17) is 4.74 Å². The Kier molecular flexibility index (Phi) is 11.3. The van der Waals surface area contributed by atoms with Crippen LogP contribution < -0.4 is 0 Å². The molecule has 2 aliphatic rings. The standard InChI is InChI=1S/C17H20O2S.C10H20O.C2H6/c1-3-4-14-11-17(9-10-17)12-16(14)13-5-7-15(8-6-13)20(2,18)19;1-6-8-9(3)10(4,5)11-7-2;1-2/h3-8H,9-12H2,1-2H3;8H,6-7H2,1-5H3;1-2H3/b4-3+;9-8-;. The Morgan fingerprint density at radius 1 is 1.09 bits per heavy atom. The molecule has 1 aromatic carbocycles. The molecule has 0 atom stereocenters. The summed E-state index contributed by atoms with van der Waals surface area (Å²) in [5, 5.41) is 0. The van der Waals surface area contributed by atoms with E-state index in [2.05, 4.69) is 52.8 Å². The lowest BCUT2D eigenvalue weighted by atomic mass is 9.98. The smallest absolute Gasteiger partial charge is 0.175 e. The molecule has 1 aromatic rings. The number of ether oxygens (including phenoxy) is 1. The lowest BCUT2D eigenvalue weighted by molar-refractivity contribution is 0.0190. The van der Waals surface area contributed by atoms with Crippen LogP contribution in [0, 0.1) is 5.41 Å². The Bertz CT molecular complexity index is 941. The fraction of sp³-hybridized carbons (Fsp3) is 0.586. The van der Waals surface area contributed by atoms with Gasteiger partial charge in [0.25, 0.3) is 0 Å². The van der Waals surface area contributed by atoms with Gasteiger partial charge >= 0.3 is 0 Å². The number of sulfone groups is 1. The van der Waals surface area contributed by atoms with Gasteiger partial charge in [-0.05, 0) is 107 Å². The van der Waals surface area contributed by atoms with Crippen molar-refractivity contribution < 1.29 is 13.2 Å². The van der Waals surface area contributed by atoms with Crippen LogP contribution in [0.4, 0.5) is 0 Å². The molecular formula is C29H46O3S. The van der Waals surface area contributed by atoms with Crippen molar-refractivity contribution in [2.45, 2.75) is 98.0 Å². The summed E-state index contributed by atoms with van der Waals surface area (Å²) in [6.07, 6.45) is 13.9. The van der Waals surface area contributed by atoms with E-state index in [1.807, 2.05) is 32.9 Å². The van der Waals surface area contributed by atoms with E-state index < -0.39 is 9.84 Å². The van der Waals surface area contributed by atoms with Crippen molar-refractivity contribution in [3.05, 3.63) is 59.2 Å². The zero-order chi connectivity index (χ0) is 25.3. The third kappa shape index (κ3) is 8.57. The van der Waals surface area contributed by atoms with Gasteiger partial charge in [0, 0.05) is 12.9 Å². The molecule has 0 amide bonds. The fourth-order valence-corrected chi connectivity index (χ4v) is 4.80.